The summed E-state index contributed by atoms with van der Waals surface area (Å²) >= 11 is 0. The van der Waals surface area contributed by atoms with Crippen molar-refractivity contribution in [1.82, 2.24) is 4.98 Å². The summed E-state index contributed by atoms with van der Waals surface area (Å²) in [5.41, 5.74) is 1.58. The maximum Gasteiger partial charge on any atom is 0.303 e. The Bertz CT molecular complexity index is 572. The number of ether oxygens (including phenoxy) is 1. The first-order valence-electron chi connectivity index (χ1n) is 5.92. The van der Waals surface area contributed by atoms with E-state index in [1.165, 1.54) is 0 Å². The van der Waals surface area contributed by atoms with Crippen molar-refractivity contribution in [2.75, 3.05) is 7.11 Å². The summed E-state index contributed by atoms with van der Waals surface area (Å²) in [5.74, 6) is 1.04. The van der Waals surface area contributed by atoms with E-state index < -0.39 is 5.97 Å². The summed E-state index contributed by atoms with van der Waals surface area (Å²) in [7, 11) is 1.60. The van der Waals surface area contributed by atoms with Gasteiger partial charge < -0.3 is 14.3 Å². The van der Waals surface area contributed by atoms with Crippen molar-refractivity contribution >= 4 is 5.97 Å². The van der Waals surface area contributed by atoms with Gasteiger partial charge in [-0.2, -0.15) is 0 Å². The standard InChI is InChI=1S/C14H15NO4/c1-9-15-14(12(19-9)7-8-13(16)17)10-3-5-11(18-2)6-4-10/h3-6H,7-8H2,1-2H3,(H,16,17). The third-order valence-electron chi connectivity index (χ3n) is 2.73. The van der Waals surface area contributed by atoms with Gasteiger partial charge in [0.05, 0.1) is 13.5 Å². The van der Waals surface area contributed by atoms with E-state index in [2.05, 4.69) is 4.98 Å². The normalized spacial score (nSPS) is 10.4. The molecule has 0 saturated heterocycles. The molecule has 0 amide bonds. The topological polar surface area (TPSA) is 72.6 Å². The number of aromatic nitrogens is 1. The fraction of sp³-hybridized carbons (Fsp3) is 0.286. The van der Waals surface area contributed by atoms with Gasteiger partial charge in [-0.15, -0.1) is 0 Å². The molecule has 1 aromatic heterocycles. The van der Waals surface area contributed by atoms with Crippen molar-refractivity contribution in [2.45, 2.75) is 19.8 Å². The number of carbonyl (C=O) groups is 1. The fourth-order valence-electron chi connectivity index (χ4n) is 1.83. The Morgan fingerprint density at radius 1 is 1.37 bits per heavy atom. The number of rotatable bonds is 5. The van der Waals surface area contributed by atoms with Gasteiger partial charge in [0, 0.05) is 18.9 Å². The lowest BCUT2D eigenvalue weighted by Crippen LogP contribution is -1.97. The zero-order valence-electron chi connectivity index (χ0n) is 10.8. The number of aryl methyl sites for hydroxylation is 2. The predicted molar refractivity (Wildman–Crippen MR) is 69.2 cm³/mol. The summed E-state index contributed by atoms with van der Waals surface area (Å²) in [6.45, 7) is 1.75. The molecule has 0 unspecified atom stereocenters. The first-order chi connectivity index (χ1) is 9.10. The molecule has 0 spiro atoms. The third kappa shape index (κ3) is 3.13. The van der Waals surface area contributed by atoms with Crippen molar-refractivity contribution in [3.8, 4) is 17.0 Å². The molecule has 5 heteroatoms. The highest BCUT2D eigenvalue weighted by atomic mass is 16.5. The molecule has 19 heavy (non-hydrogen) atoms. The lowest BCUT2D eigenvalue weighted by atomic mass is 10.1. The van der Waals surface area contributed by atoms with Gasteiger partial charge in [-0.25, -0.2) is 4.98 Å². The van der Waals surface area contributed by atoms with Gasteiger partial charge in [-0.3, -0.25) is 4.79 Å². The van der Waals surface area contributed by atoms with Crippen molar-refractivity contribution in [3.05, 3.63) is 35.9 Å². The van der Waals surface area contributed by atoms with Crippen molar-refractivity contribution in [2.24, 2.45) is 0 Å². The highest BCUT2D eigenvalue weighted by molar-refractivity contribution is 5.68. The average Bonchev–Trinajstić information content (AvgIpc) is 2.78. The Morgan fingerprint density at radius 2 is 2.05 bits per heavy atom. The number of benzene rings is 1. The lowest BCUT2D eigenvalue weighted by molar-refractivity contribution is -0.137. The Hall–Kier alpha value is -2.30. The van der Waals surface area contributed by atoms with Gasteiger partial charge in [0.25, 0.3) is 0 Å². The number of methoxy groups -OCH3 is 1. The molecule has 100 valence electrons. The summed E-state index contributed by atoms with van der Waals surface area (Å²) < 4.78 is 10.6. The van der Waals surface area contributed by atoms with E-state index in [1.54, 1.807) is 14.0 Å². The average molecular weight is 261 g/mol. The molecule has 1 heterocycles. The quantitative estimate of drug-likeness (QED) is 0.895. The van der Waals surface area contributed by atoms with Crippen LogP contribution >= 0.6 is 0 Å². The molecule has 0 atom stereocenters. The van der Waals surface area contributed by atoms with Crippen LogP contribution in [-0.2, 0) is 11.2 Å². The van der Waals surface area contributed by atoms with Crippen LogP contribution < -0.4 is 4.74 Å². The number of nitrogens with zero attached hydrogens (tertiary/aromatic N) is 1. The number of oxazole rings is 1. The largest absolute Gasteiger partial charge is 0.497 e. The molecule has 0 radical (unpaired) electrons. The van der Waals surface area contributed by atoms with Crippen molar-refractivity contribution < 1.29 is 19.1 Å². The van der Waals surface area contributed by atoms with E-state index in [9.17, 15) is 4.79 Å². The molecule has 2 aromatic rings. The highest BCUT2D eigenvalue weighted by Crippen LogP contribution is 2.26. The van der Waals surface area contributed by atoms with Crippen LogP contribution in [0.2, 0.25) is 0 Å². The first-order valence-corrected chi connectivity index (χ1v) is 5.92. The molecule has 2 rings (SSSR count). The monoisotopic (exact) mass is 261 g/mol. The summed E-state index contributed by atoms with van der Waals surface area (Å²) in [6, 6.07) is 7.42. The van der Waals surface area contributed by atoms with Crippen LogP contribution in [0.15, 0.2) is 28.7 Å². The van der Waals surface area contributed by atoms with Crippen LogP contribution in [0, 0.1) is 6.92 Å². The second-order valence-corrected chi connectivity index (χ2v) is 4.13. The zero-order valence-corrected chi connectivity index (χ0v) is 10.8. The minimum Gasteiger partial charge on any atom is -0.497 e. The van der Waals surface area contributed by atoms with E-state index in [1.807, 2.05) is 24.3 Å². The van der Waals surface area contributed by atoms with Crippen LogP contribution in [0.3, 0.4) is 0 Å². The van der Waals surface area contributed by atoms with Crippen LogP contribution in [0.25, 0.3) is 11.3 Å². The van der Waals surface area contributed by atoms with E-state index in [-0.39, 0.29) is 6.42 Å². The second kappa shape index (κ2) is 5.56. The third-order valence-corrected chi connectivity index (χ3v) is 2.73. The minimum absolute atomic E-state index is 0.0256. The minimum atomic E-state index is -0.852. The SMILES string of the molecule is COc1ccc(-c2nc(C)oc2CCC(=O)O)cc1. The Kier molecular flexibility index (Phi) is 3.85. The smallest absolute Gasteiger partial charge is 0.303 e. The molecule has 0 aliphatic rings. The first kappa shape index (κ1) is 13.1. The summed E-state index contributed by atoms with van der Waals surface area (Å²) in [5, 5.41) is 8.73. The number of carboxylic acids is 1. The van der Waals surface area contributed by atoms with Gasteiger partial charge in [-0.1, -0.05) is 0 Å². The van der Waals surface area contributed by atoms with Crippen LogP contribution in [0.4, 0.5) is 0 Å². The van der Waals surface area contributed by atoms with Gasteiger partial charge in [0.1, 0.15) is 17.2 Å². The molecule has 0 fully saturated rings. The summed E-state index contributed by atoms with van der Waals surface area (Å²) in [4.78, 5) is 14.9. The molecule has 0 bridgehead atoms. The van der Waals surface area contributed by atoms with E-state index >= 15 is 0 Å². The van der Waals surface area contributed by atoms with Gasteiger partial charge in [0.2, 0.25) is 0 Å². The molecule has 1 N–H and O–H groups in total. The van der Waals surface area contributed by atoms with Crippen LogP contribution in [-0.4, -0.2) is 23.2 Å². The molecular formula is C14H15NO4. The molecular weight excluding hydrogens is 246 g/mol. The second-order valence-electron chi connectivity index (χ2n) is 4.13. The molecule has 0 saturated carbocycles. The maximum absolute atomic E-state index is 10.6. The van der Waals surface area contributed by atoms with Gasteiger partial charge >= 0.3 is 5.97 Å². The zero-order chi connectivity index (χ0) is 13.8. The van der Waals surface area contributed by atoms with E-state index in [0.717, 1.165) is 11.3 Å². The Morgan fingerprint density at radius 3 is 2.63 bits per heavy atom. The molecule has 5 nitrogen and oxygen atoms in total. The number of carboxylic acid groups (broad SMARTS) is 1. The summed E-state index contributed by atoms with van der Waals surface area (Å²) in [6.07, 6.45) is 0.356. The number of hydrogen-bond acceptors (Lipinski definition) is 4. The van der Waals surface area contributed by atoms with Gasteiger partial charge in [-0.05, 0) is 24.3 Å². The lowest BCUT2D eigenvalue weighted by Gasteiger charge is -2.02. The van der Waals surface area contributed by atoms with E-state index in [4.69, 9.17) is 14.3 Å². The highest BCUT2D eigenvalue weighted by Gasteiger charge is 2.14. The molecule has 1 aromatic carbocycles. The van der Waals surface area contributed by atoms with Crippen molar-refractivity contribution in [1.29, 1.82) is 0 Å². The molecule has 0 aliphatic carbocycles. The van der Waals surface area contributed by atoms with Crippen LogP contribution in [0.5, 0.6) is 5.75 Å². The Balaban J connectivity index is 2.29. The number of aliphatic carboxylic acids is 1. The molecule has 0 aliphatic heterocycles. The van der Waals surface area contributed by atoms with Crippen molar-refractivity contribution in [3.63, 3.8) is 0 Å². The maximum atomic E-state index is 10.6. The Labute approximate surface area is 110 Å². The van der Waals surface area contributed by atoms with Crippen LogP contribution in [0.1, 0.15) is 18.1 Å². The number of hydrogen-bond donors (Lipinski definition) is 1. The van der Waals surface area contributed by atoms with Gasteiger partial charge in [0.15, 0.2) is 5.89 Å². The predicted octanol–water partition coefficient (Wildman–Crippen LogP) is 2.68. The van der Waals surface area contributed by atoms with E-state index in [0.29, 0.717) is 23.8 Å². The fourth-order valence-corrected chi connectivity index (χ4v) is 1.83.